The molecule has 0 radical (unpaired) electrons. The molecular weight excluding hydrogens is 1860 g/mol. The topological polar surface area (TPSA) is 973 Å². The molecule has 10 saturated heterocycles. The predicted octanol–water partition coefficient (Wildman–Crippen LogP) is -23.8. The van der Waals surface area contributed by atoms with Gasteiger partial charge >= 0.3 is 11.9 Å². The van der Waals surface area contributed by atoms with Gasteiger partial charge in [-0.25, -0.2) is 9.59 Å². The van der Waals surface area contributed by atoms with Crippen molar-refractivity contribution in [1.29, 1.82) is 0 Å². The zero-order valence-electron chi connectivity index (χ0n) is 71.9. The average molecular weight is 1980 g/mol. The van der Waals surface area contributed by atoms with E-state index in [1.54, 1.807) is 0 Å². The standard InChI is InChI=1S/C74H122N4O57/c1-17(88)75-33-21(92)5-73(71(113)114,132-56(33)37(96)23(94)7-79)134-59-41(100)27(11-83)119-67(51(59)110)126-53-30(14-86)123-64(35(44(53)103)77-19(3)90)130-61-46(105)39(98)25(9-81)121-69(61)117-16-32-43(102)58(50(109)66(125-32)128-55-29(13-85)118-63(112)49(108)48(55)107)129-70-62(47(106)40(99)26(10-82)122-70)131-65-36(78-20(4)91)45(104)54(31(15-87)124-65)127-68-52(111)60(42(101)28(12-84)120-68)135-74(72(115)116)6-22(93)34(76-18(2)89)57(133-74)38(97)24(95)8-80/h21-70,79-87,92-112H,5-16H2,1-4H3,(H,75,88)(H,76,89)(H,77,90)(H,78,91)(H,113,114)(H,115,116)/t21-,22-,23+,24+,25+,26+,27+,28+,29+,30+,31+,32+,33+,34+,35+,36+,37+,38+,39+,40+,41-,42-,43+,44+,45+,46-,47-,48+,49+,50-,51+,52+,53+,54+,55+,56+,57+,58-,59-,60-,61-,62-,63+,64-,65-,66-,67-,68-,69-,70+,73-,74-/m0/s1. The SMILES string of the molecule is CC(=O)N[C@H]1[C@H](O[C@@H]2[C@@H](OC[C@H]3O[C@@H](O[C@H]4[C@H](O)[C@@H](O)[C@H](O)O[C@@H]4CO)[C@@H](O)[C@@H](O[C@H]4O[C@H](CO)[C@@H](O)[C@H](O)[C@@H]4O[C@@H]4O[C@H](CO)[C@@H](O[C@@H]5O[C@H](CO)[C@H](O)[C@H](O[C@]6(C(=O)O)C[C@H](O)[C@@H](NC(C)=O)[C@H]([C@H](O)[C@H](O)CO)O6)[C@H]5O)[C@H](O)[C@H]4NC(C)=O)[C@@H]3O)O[C@H](CO)[C@@H](O)[C@@H]2O)O[C@H](CO)[C@@H](O[C@@H]2O[C@H](CO)[C@H](O)[C@H](O[C@]3(C(=O)O)C[C@H](O)[C@@H](NC(C)=O)[C@H]([C@H](O)[C@H](O)CO)O3)[C@H]2O)[C@@H]1O. The third-order valence-electron chi connectivity index (χ3n) is 24.4. The van der Waals surface area contributed by atoms with E-state index in [-0.39, 0.29) is 0 Å². The van der Waals surface area contributed by atoms with Gasteiger partial charge in [0.2, 0.25) is 23.6 Å². The molecule has 0 aromatic rings. The Morgan fingerprint density at radius 2 is 0.585 bits per heavy atom. The number of carboxylic acid groups (broad SMARTS) is 2. The molecule has 135 heavy (non-hydrogen) atoms. The van der Waals surface area contributed by atoms with Crippen LogP contribution < -0.4 is 21.3 Å². The van der Waals surface area contributed by atoms with Crippen LogP contribution in [0.1, 0.15) is 40.5 Å². The molecule has 0 bridgehead atoms. The number of aliphatic hydroxyl groups excluding tert-OH is 30. The maximum absolute atomic E-state index is 13.3. The Bertz CT molecular complexity index is 3790. The second kappa shape index (κ2) is 47.8. The van der Waals surface area contributed by atoms with Crippen LogP contribution in [0.25, 0.3) is 0 Å². The van der Waals surface area contributed by atoms with E-state index >= 15 is 0 Å². The third kappa shape index (κ3) is 24.3. The molecule has 0 aromatic heterocycles. The van der Waals surface area contributed by atoms with Crippen LogP contribution >= 0.6 is 0 Å². The summed E-state index contributed by atoms with van der Waals surface area (Å²) in [5.41, 5.74) is 0. The molecule has 10 heterocycles. The molecule has 0 spiro atoms. The fraction of sp³-hybridized carbons (Fsp3) is 0.919. The Morgan fingerprint density at radius 1 is 0.304 bits per heavy atom. The summed E-state index contributed by atoms with van der Waals surface area (Å²) in [7, 11) is 0. The lowest BCUT2D eigenvalue weighted by atomic mass is 9.88. The Balaban J connectivity index is 0.917. The highest BCUT2D eigenvalue weighted by atomic mass is 16.8. The zero-order valence-corrected chi connectivity index (χ0v) is 71.9. The lowest BCUT2D eigenvalue weighted by Crippen LogP contribution is -2.71. The number of rotatable bonds is 38. The van der Waals surface area contributed by atoms with Crippen molar-refractivity contribution < 1.29 is 282 Å². The molecule has 10 rings (SSSR count). The molecule has 10 aliphatic heterocycles. The summed E-state index contributed by atoms with van der Waals surface area (Å²) in [5, 5.41) is 366. The minimum Gasteiger partial charge on any atom is -0.477 e. The Morgan fingerprint density at radius 3 is 0.941 bits per heavy atom. The lowest BCUT2D eigenvalue weighted by Gasteiger charge is -2.51. The van der Waals surface area contributed by atoms with Crippen LogP contribution in [-0.4, -0.2) is 583 Å². The van der Waals surface area contributed by atoms with Crippen molar-refractivity contribution in [2.45, 2.75) is 359 Å². The van der Waals surface area contributed by atoms with Crippen molar-refractivity contribution in [2.75, 3.05) is 66.1 Å². The van der Waals surface area contributed by atoms with Crippen molar-refractivity contribution in [2.24, 2.45) is 0 Å². The average Bonchev–Trinajstić information content (AvgIpc) is 0.744. The quantitative estimate of drug-likeness (QED) is 0.0273. The highest BCUT2D eigenvalue weighted by Gasteiger charge is 2.66. The smallest absolute Gasteiger partial charge is 0.364 e. The van der Waals surface area contributed by atoms with Gasteiger partial charge in [-0.05, 0) is 0 Å². The maximum atomic E-state index is 13.3. The van der Waals surface area contributed by atoms with Crippen molar-refractivity contribution in [1.82, 2.24) is 21.3 Å². The second-order valence-electron chi connectivity index (χ2n) is 33.8. The van der Waals surface area contributed by atoms with Crippen LogP contribution in [0.3, 0.4) is 0 Å². The largest absolute Gasteiger partial charge is 0.477 e. The van der Waals surface area contributed by atoms with E-state index in [4.69, 9.17) is 90.0 Å². The molecule has 4 amide bonds. The summed E-state index contributed by atoms with van der Waals surface area (Å²) in [6, 6.07) is -7.77. The first-order chi connectivity index (χ1) is 63.6. The number of carboxylic acids is 2. The second-order valence-corrected chi connectivity index (χ2v) is 33.8. The Kier molecular flexibility index (Phi) is 39.6. The number of hydrogen-bond acceptors (Lipinski definition) is 55. The van der Waals surface area contributed by atoms with Crippen LogP contribution in [0.15, 0.2) is 0 Å². The van der Waals surface area contributed by atoms with Gasteiger partial charge in [0, 0.05) is 40.5 Å². The molecular formula is C74H122N4O57. The van der Waals surface area contributed by atoms with E-state index in [0.717, 1.165) is 27.7 Å². The molecule has 0 saturated carbocycles. The number of nitrogens with one attached hydrogen (secondary N) is 4. The third-order valence-corrected chi connectivity index (χ3v) is 24.4. The summed E-state index contributed by atoms with van der Waals surface area (Å²) < 4.78 is 111. The summed E-state index contributed by atoms with van der Waals surface area (Å²) in [5.74, 6) is -14.9. The van der Waals surface area contributed by atoms with E-state index in [0.29, 0.717) is 0 Å². The summed E-state index contributed by atoms with van der Waals surface area (Å²) in [4.78, 5) is 77.4. The van der Waals surface area contributed by atoms with Gasteiger partial charge < -0.3 is 275 Å². The molecule has 0 aliphatic carbocycles. The minimum atomic E-state index is -3.33. The fourth-order valence-electron chi connectivity index (χ4n) is 17.3. The first kappa shape index (κ1) is 112. The van der Waals surface area contributed by atoms with Gasteiger partial charge in [0.25, 0.3) is 11.6 Å². The molecule has 61 nitrogen and oxygen atoms in total. The van der Waals surface area contributed by atoms with Gasteiger partial charge in [-0.2, -0.15) is 0 Å². The van der Waals surface area contributed by atoms with E-state index in [1.165, 1.54) is 0 Å². The van der Waals surface area contributed by atoms with Gasteiger partial charge in [-0.1, -0.05) is 0 Å². The maximum Gasteiger partial charge on any atom is 0.364 e. The summed E-state index contributed by atoms with van der Waals surface area (Å²) >= 11 is 0. The van der Waals surface area contributed by atoms with Crippen molar-refractivity contribution >= 4 is 35.6 Å². The number of aliphatic carboxylic acids is 2. The van der Waals surface area contributed by atoms with Crippen molar-refractivity contribution in [3.63, 3.8) is 0 Å². The van der Waals surface area contributed by atoms with Crippen LogP contribution in [0.4, 0.5) is 0 Å². The van der Waals surface area contributed by atoms with Crippen LogP contribution in [0, 0.1) is 0 Å². The summed E-state index contributed by atoms with van der Waals surface area (Å²) in [6.45, 7) is -8.83. The van der Waals surface area contributed by atoms with Gasteiger partial charge in [-0.3, -0.25) is 19.2 Å². The number of aliphatic hydroxyl groups is 30. The molecule has 52 atom stereocenters. The first-order valence-electron chi connectivity index (χ1n) is 42.4. The van der Waals surface area contributed by atoms with Crippen LogP contribution in [0.2, 0.25) is 0 Å². The minimum absolute atomic E-state index is 0.847. The molecule has 0 unspecified atom stereocenters. The van der Waals surface area contributed by atoms with Crippen LogP contribution in [-0.2, 0) is 119 Å². The summed E-state index contributed by atoms with van der Waals surface area (Å²) in [6.07, 6.45) is -108. The van der Waals surface area contributed by atoms with Gasteiger partial charge in [0.15, 0.2) is 50.3 Å². The predicted molar refractivity (Wildman–Crippen MR) is 410 cm³/mol. The number of hydrogen-bond donors (Lipinski definition) is 36. The van der Waals surface area contributed by atoms with Gasteiger partial charge in [0.1, 0.15) is 232 Å². The number of carbonyl (C=O) groups is 6. The number of carbonyl (C=O) groups excluding carboxylic acids is 4. The van der Waals surface area contributed by atoms with Gasteiger partial charge in [0.05, 0.1) is 90.4 Å². The fourth-order valence-corrected chi connectivity index (χ4v) is 17.3. The van der Waals surface area contributed by atoms with E-state index in [2.05, 4.69) is 21.3 Å². The first-order valence-corrected chi connectivity index (χ1v) is 42.4. The number of ether oxygens (including phenoxy) is 19. The molecule has 36 N–H and O–H groups in total. The normalized spacial score (nSPS) is 47.0. The molecule has 10 fully saturated rings. The molecule has 0 aromatic carbocycles. The zero-order chi connectivity index (χ0) is 100. The van der Waals surface area contributed by atoms with Crippen molar-refractivity contribution in [3.8, 4) is 0 Å². The van der Waals surface area contributed by atoms with E-state index in [1.807, 2.05) is 0 Å². The monoisotopic (exact) mass is 1980 g/mol. The van der Waals surface area contributed by atoms with Crippen molar-refractivity contribution in [3.05, 3.63) is 0 Å². The van der Waals surface area contributed by atoms with E-state index < -0.39 is 432 Å². The Labute approximate surface area is 761 Å². The lowest BCUT2D eigenvalue weighted by molar-refractivity contribution is -0.401. The number of amides is 4. The highest BCUT2D eigenvalue weighted by molar-refractivity contribution is 5.78. The van der Waals surface area contributed by atoms with E-state index in [9.17, 15) is 192 Å². The molecule has 780 valence electrons. The Hall–Kier alpha value is -5.14. The molecule has 61 heteroatoms. The highest BCUT2D eigenvalue weighted by Crippen LogP contribution is 2.44. The molecule has 10 aliphatic rings. The van der Waals surface area contributed by atoms with Gasteiger partial charge in [-0.15, -0.1) is 0 Å². The van der Waals surface area contributed by atoms with Crippen LogP contribution in [0.5, 0.6) is 0 Å².